The second-order valence-electron chi connectivity index (χ2n) is 5.98. The third kappa shape index (κ3) is 3.24. The van der Waals surface area contributed by atoms with Crippen molar-refractivity contribution in [1.82, 2.24) is 5.32 Å². The summed E-state index contributed by atoms with van der Waals surface area (Å²) in [7, 11) is 0. The largest absolute Gasteiger partial charge is 0.459 e. The van der Waals surface area contributed by atoms with Gasteiger partial charge >= 0.3 is 0 Å². The van der Waals surface area contributed by atoms with E-state index in [1.165, 1.54) is 11.3 Å². The van der Waals surface area contributed by atoms with E-state index in [9.17, 15) is 4.79 Å². The highest BCUT2D eigenvalue weighted by molar-refractivity contribution is 5.93. The summed E-state index contributed by atoms with van der Waals surface area (Å²) in [6, 6.07) is 10.7. The molecule has 1 atom stereocenters. The predicted molar refractivity (Wildman–Crippen MR) is 90.5 cm³/mol. The van der Waals surface area contributed by atoms with Crippen LogP contribution in [0.25, 0.3) is 0 Å². The molecule has 23 heavy (non-hydrogen) atoms. The van der Waals surface area contributed by atoms with E-state index in [4.69, 9.17) is 10.2 Å². The third-order valence-electron chi connectivity index (χ3n) is 4.31. The van der Waals surface area contributed by atoms with E-state index in [0.29, 0.717) is 31.4 Å². The summed E-state index contributed by atoms with van der Waals surface area (Å²) >= 11 is 0. The molecule has 1 aromatic heterocycles. The molecule has 2 aromatic rings. The lowest BCUT2D eigenvalue weighted by molar-refractivity contribution is 0.0924. The summed E-state index contributed by atoms with van der Waals surface area (Å²) < 4.78 is 5.42. The topological polar surface area (TPSA) is 71.5 Å². The Morgan fingerprint density at radius 3 is 3.04 bits per heavy atom. The van der Waals surface area contributed by atoms with Crippen molar-refractivity contribution < 1.29 is 9.21 Å². The van der Waals surface area contributed by atoms with Crippen LogP contribution in [-0.2, 0) is 13.0 Å². The summed E-state index contributed by atoms with van der Waals surface area (Å²) in [5.41, 5.74) is 8.97. The van der Waals surface area contributed by atoms with Gasteiger partial charge in [-0.3, -0.25) is 4.79 Å². The van der Waals surface area contributed by atoms with Crippen molar-refractivity contribution in [2.45, 2.75) is 32.4 Å². The number of fused-ring (bicyclic) bond motifs is 1. The monoisotopic (exact) mass is 313 g/mol. The fraction of sp³-hybridized carbons (Fsp3) is 0.389. The Hall–Kier alpha value is -2.27. The summed E-state index contributed by atoms with van der Waals surface area (Å²) in [6.07, 6.45) is 3.38. The van der Waals surface area contributed by atoms with Crippen molar-refractivity contribution in [3.05, 3.63) is 53.5 Å². The van der Waals surface area contributed by atoms with Crippen LogP contribution in [-0.4, -0.2) is 25.0 Å². The Bertz CT molecular complexity index is 680. The number of nitrogens with one attached hydrogen (secondary N) is 1. The molecule has 3 rings (SSSR count). The molecule has 2 heterocycles. The molecule has 122 valence electrons. The van der Waals surface area contributed by atoms with Crippen LogP contribution in [0.4, 0.5) is 5.69 Å². The van der Waals surface area contributed by atoms with Gasteiger partial charge in [-0.2, -0.15) is 0 Å². The van der Waals surface area contributed by atoms with Crippen LogP contribution in [0.3, 0.4) is 0 Å². The molecule has 0 saturated carbocycles. The van der Waals surface area contributed by atoms with E-state index < -0.39 is 0 Å². The third-order valence-corrected chi connectivity index (χ3v) is 4.31. The van der Waals surface area contributed by atoms with Gasteiger partial charge in [-0.15, -0.1) is 0 Å². The highest BCUT2D eigenvalue weighted by Gasteiger charge is 2.27. The maximum absolute atomic E-state index is 12.2. The molecule has 1 unspecified atom stereocenters. The van der Waals surface area contributed by atoms with Gasteiger partial charge < -0.3 is 20.4 Å². The number of nitrogens with two attached hydrogens (primary N) is 1. The molecule has 5 heteroatoms. The SMILES string of the molecule is CC1Cc2ccccc2N1Cc1ccoc1C(=O)NCCCN. The maximum Gasteiger partial charge on any atom is 0.287 e. The highest BCUT2D eigenvalue weighted by Crippen LogP contribution is 2.33. The van der Waals surface area contributed by atoms with E-state index in [2.05, 4.69) is 41.4 Å². The number of benzene rings is 1. The van der Waals surface area contributed by atoms with Crippen molar-refractivity contribution in [2.75, 3.05) is 18.0 Å². The molecular formula is C18H23N3O2. The molecule has 1 amide bonds. The molecule has 0 bridgehead atoms. The summed E-state index contributed by atoms with van der Waals surface area (Å²) in [6.45, 7) is 4.02. The Morgan fingerprint density at radius 2 is 2.22 bits per heavy atom. The predicted octanol–water partition coefficient (Wildman–Crippen LogP) is 2.31. The maximum atomic E-state index is 12.2. The molecule has 1 aromatic carbocycles. The van der Waals surface area contributed by atoms with Crippen molar-refractivity contribution in [3.63, 3.8) is 0 Å². The number of hydrogen-bond acceptors (Lipinski definition) is 4. The standard InChI is InChI=1S/C18H23N3O2/c1-13-11-14-5-2-3-6-16(14)21(13)12-15-7-10-23-17(15)18(22)20-9-4-8-19/h2-3,5-7,10,13H,4,8-9,11-12,19H2,1H3,(H,20,22). The van der Waals surface area contributed by atoms with Gasteiger partial charge in [0.15, 0.2) is 5.76 Å². The summed E-state index contributed by atoms with van der Waals surface area (Å²) in [5, 5.41) is 2.85. The zero-order chi connectivity index (χ0) is 16.2. The van der Waals surface area contributed by atoms with Gasteiger partial charge in [-0.25, -0.2) is 0 Å². The molecule has 1 aliphatic heterocycles. The second kappa shape index (κ2) is 6.87. The van der Waals surface area contributed by atoms with Gasteiger partial charge in [0, 0.05) is 30.4 Å². The van der Waals surface area contributed by atoms with Gasteiger partial charge in [0.2, 0.25) is 0 Å². The molecule has 3 N–H and O–H groups in total. The zero-order valence-corrected chi connectivity index (χ0v) is 13.4. The van der Waals surface area contributed by atoms with Crippen LogP contribution in [0, 0.1) is 0 Å². The quantitative estimate of drug-likeness (QED) is 0.803. The van der Waals surface area contributed by atoms with E-state index in [0.717, 1.165) is 18.4 Å². The van der Waals surface area contributed by atoms with Crippen molar-refractivity contribution in [1.29, 1.82) is 0 Å². The average molecular weight is 313 g/mol. The van der Waals surface area contributed by atoms with Crippen LogP contribution in [0.1, 0.15) is 35.0 Å². The Labute approximate surface area is 136 Å². The number of rotatable bonds is 6. The Morgan fingerprint density at radius 1 is 1.39 bits per heavy atom. The van der Waals surface area contributed by atoms with Crippen LogP contribution in [0.2, 0.25) is 0 Å². The molecule has 0 fully saturated rings. The molecule has 0 spiro atoms. The number of amides is 1. The molecule has 1 aliphatic rings. The summed E-state index contributed by atoms with van der Waals surface area (Å²) in [4.78, 5) is 14.6. The van der Waals surface area contributed by atoms with Gasteiger partial charge in [-0.05, 0) is 44.0 Å². The van der Waals surface area contributed by atoms with Gasteiger partial charge in [0.1, 0.15) is 0 Å². The van der Waals surface area contributed by atoms with Gasteiger partial charge in [0.25, 0.3) is 5.91 Å². The smallest absolute Gasteiger partial charge is 0.287 e. The van der Waals surface area contributed by atoms with Crippen molar-refractivity contribution in [3.8, 4) is 0 Å². The lowest BCUT2D eigenvalue weighted by Gasteiger charge is -2.24. The first-order valence-electron chi connectivity index (χ1n) is 8.10. The lowest BCUT2D eigenvalue weighted by Crippen LogP contribution is -2.31. The number of para-hydroxylation sites is 1. The highest BCUT2D eigenvalue weighted by atomic mass is 16.3. The fourth-order valence-electron chi connectivity index (χ4n) is 3.10. The first kappa shape index (κ1) is 15.6. The second-order valence-corrected chi connectivity index (χ2v) is 5.98. The lowest BCUT2D eigenvalue weighted by atomic mass is 10.1. The Kier molecular flexibility index (Phi) is 4.67. The minimum absolute atomic E-state index is 0.168. The van der Waals surface area contributed by atoms with E-state index in [1.807, 2.05) is 6.07 Å². The fourth-order valence-corrected chi connectivity index (χ4v) is 3.10. The molecule has 0 saturated heterocycles. The number of hydrogen-bond donors (Lipinski definition) is 2. The average Bonchev–Trinajstić information content (AvgIpc) is 3.13. The van der Waals surface area contributed by atoms with Crippen LogP contribution >= 0.6 is 0 Å². The van der Waals surface area contributed by atoms with E-state index in [-0.39, 0.29) is 5.91 Å². The van der Waals surface area contributed by atoms with Crippen LogP contribution in [0.15, 0.2) is 41.0 Å². The number of anilines is 1. The van der Waals surface area contributed by atoms with Crippen LogP contribution in [0.5, 0.6) is 0 Å². The van der Waals surface area contributed by atoms with E-state index >= 15 is 0 Å². The summed E-state index contributed by atoms with van der Waals surface area (Å²) in [5.74, 6) is 0.234. The number of nitrogens with zero attached hydrogens (tertiary/aromatic N) is 1. The van der Waals surface area contributed by atoms with E-state index in [1.54, 1.807) is 6.26 Å². The van der Waals surface area contributed by atoms with Gasteiger partial charge in [0.05, 0.1) is 6.26 Å². The minimum atomic E-state index is -0.168. The van der Waals surface area contributed by atoms with Gasteiger partial charge in [-0.1, -0.05) is 18.2 Å². The van der Waals surface area contributed by atoms with Crippen molar-refractivity contribution in [2.24, 2.45) is 5.73 Å². The Balaban J connectivity index is 1.74. The van der Waals surface area contributed by atoms with Crippen LogP contribution < -0.4 is 16.0 Å². The zero-order valence-electron chi connectivity index (χ0n) is 13.4. The molecule has 0 radical (unpaired) electrons. The minimum Gasteiger partial charge on any atom is -0.459 e. The first-order valence-corrected chi connectivity index (χ1v) is 8.10. The number of furan rings is 1. The number of carbonyl (C=O) groups is 1. The molecular weight excluding hydrogens is 290 g/mol. The molecule has 5 nitrogen and oxygen atoms in total. The molecule has 0 aliphatic carbocycles. The first-order chi connectivity index (χ1) is 11.2. The van der Waals surface area contributed by atoms with Crippen molar-refractivity contribution >= 4 is 11.6 Å². The number of carbonyl (C=O) groups excluding carboxylic acids is 1. The normalized spacial score (nSPS) is 16.4.